The zero-order chi connectivity index (χ0) is 39.8. The topological polar surface area (TPSA) is 166 Å². The van der Waals surface area contributed by atoms with Gasteiger partial charge in [-0.3, -0.25) is 19.2 Å². The first kappa shape index (κ1) is 43.1. The maximum absolute atomic E-state index is 14.8. The van der Waals surface area contributed by atoms with Crippen molar-refractivity contribution in [3.63, 3.8) is 0 Å². The summed E-state index contributed by atoms with van der Waals surface area (Å²) in [6, 6.07) is -3.51. The van der Waals surface area contributed by atoms with Crippen molar-refractivity contribution < 1.29 is 33.5 Å². The average molecular weight is 757 g/mol. The third kappa shape index (κ3) is 11.0. The number of hydrogen-bond donors (Lipinski definition) is 4. The normalized spacial score (nSPS) is 24.2. The standard InChI is InChI=1S/C41H68N6O7/c1-9-11-22-29(34(48)36(50)42-23-10-2)43-35(49)33-31-28(41(31,6)7)24-47(33)37(51)32(27-20-16-13-17-21-27)45-38(52)44-30(26-18-14-12-15-19-26)25-46(8)39(53)54-40(3,4)5/h10,26-33H,2,9,11-25H2,1,3-8H3,(H,42,50)(H,43,49)(H2,44,45,52)/t28-,29?,30+,31-,32-,33-/m0/s1. The Morgan fingerprint density at radius 2 is 1.54 bits per heavy atom. The van der Waals surface area contributed by atoms with Gasteiger partial charge in [0.05, 0.1) is 12.1 Å². The molecule has 0 bridgehead atoms. The van der Waals surface area contributed by atoms with Crippen LogP contribution in [-0.4, -0.2) is 102 Å². The summed E-state index contributed by atoms with van der Waals surface area (Å²) in [6.07, 6.45) is 12.3. The fraction of sp³-hybridized carbons (Fsp3) is 0.805. The molecule has 0 spiro atoms. The van der Waals surface area contributed by atoms with Gasteiger partial charge in [-0.1, -0.05) is 78.2 Å². The van der Waals surface area contributed by atoms with Gasteiger partial charge in [0.1, 0.15) is 17.7 Å². The molecule has 1 heterocycles. The van der Waals surface area contributed by atoms with E-state index >= 15 is 0 Å². The van der Waals surface area contributed by atoms with E-state index in [2.05, 4.69) is 41.7 Å². The summed E-state index contributed by atoms with van der Waals surface area (Å²) >= 11 is 0. The molecule has 0 aromatic heterocycles. The van der Waals surface area contributed by atoms with Gasteiger partial charge in [-0.2, -0.15) is 0 Å². The second-order valence-electron chi connectivity index (χ2n) is 17.8. The van der Waals surface area contributed by atoms with Gasteiger partial charge >= 0.3 is 12.1 Å². The number of piperidine rings is 1. The lowest BCUT2D eigenvalue weighted by atomic mass is 9.82. The smallest absolute Gasteiger partial charge is 0.410 e. The van der Waals surface area contributed by atoms with Gasteiger partial charge in [0.25, 0.3) is 5.91 Å². The van der Waals surface area contributed by atoms with Gasteiger partial charge in [0.15, 0.2) is 0 Å². The van der Waals surface area contributed by atoms with E-state index in [9.17, 15) is 28.8 Å². The Labute approximate surface area is 322 Å². The fourth-order valence-electron chi connectivity index (χ4n) is 9.09. The molecule has 304 valence electrons. The molecule has 4 aliphatic rings. The van der Waals surface area contributed by atoms with Gasteiger partial charge in [-0.15, -0.1) is 6.58 Å². The average Bonchev–Trinajstić information content (AvgIpc) is 3.43. The summed E-state index contributed by atoms with van der Waals surface area (Å²) in [4.78, 5) is 85.0. The van der Waals surface area contributed by atoms with Crippen LogP contribution in [0.2, 0.25) is 0 Å². The number of fused-ring (bicyclic) bond motifs is 1. The molecule has 0 aromatic rings. The minimum Gasteiger partial charge on any atom is -0.444 e. The predicted octanol–water partition coefficient (Wildman–Crippen LogP) is 5.08. The van der Waals surface area contributed by atoms with Crippen LogP contribution in [-0.2, 0) is 23.9 Å². The summed E-state index contributed by atoms with van der Waals surface area (Å²) in [6.45, 7) is 16.0. The minimum absolute atomic E-state index is 0.0952. The highest BCUT2D eigenvalue weighted by atomic mass is 16.6. The Balaban J connectivity index is 1.55. The highest BCUT2D eigenvalue weighted by Gasteiger charge is 2.69. The number of ketones is 1. The van der Waals surface area contributed by atoms with Crippen LogP contribution in [0, 0.1) is 29.1 Å². The summed E-state index contributed by atoms with van der Waals surface area (Å²) in [5.41, 5.74) is -0.836. The molecule has 54 heavy (non-hydrogen) atoms. The van der Waals surface area contributed by atoms with Crippen molar-refractivity contribution in [2.45, 2.75) is 155 Å². The van der Waals surface area contributed by atoms with E-state index in [1.54, 1.807) is 11.9 Å². The molecule has 4 N–H and O–H groups in total. The molecular weight excluding hydrogens is 688 g/mol. The fourth-order valence-corrected chi connectivity index (χ4v) is 9.09. The zero-order valence-corrected chi connectivity index (χ0v) is 34.0. The number of ether oxygens (including phenoxy) is 1. The second kappa shape index (κ2) is 18.8. The van der Waals surface area contributed by atoms with E-state index in [4.69, 9.17) is 4.74 Å². The van der Waals surface area contributed by atoms with Crippen LogP contribution < -0.4 is 21.3 Å². The highest BCUT2D eigenvalue weighted by molar-refractivity contribution is 6.38. The first-order valence-corrected chi connectivity index (χ1v) is 20.5. The number of nitrogens with zero attached hydrogens (tertiary/aromatic N) is 2. The first-order valence-electron chi connectivity index (χ1n) is 20.5. The van der Waals surface area contributed by atoms with Crippen molar-refractivity contribution in [1.82, 2.24) is 31.1 Å². The quantitative estimate of drug-likeness (QED) is 0.126. The molecule has 6 amide bonds. The van der Waals surface area contributed by atoms with Crippen molar-refractivity contribution in [2.75, 3.05) is 26.7 Å². The van der Waals surface area contributed by atoms with Crippen LogP contribution in [0.3, 0.4) is 0 Å². The lowest BCUT2D eigenvalue weighted by Gasteiger charge is -2.38. The Bertz CT molecular complexity index is 1370. The largest absolute Gasteiger partial charge is 0.444 e. The molecule has 1 unspecified atom stereocenters. The molecule has 4 rings (SSSR count). The number of Topliss-reactive ketones (excluding diaryl/α,β-unsaturated/α-hetero) is 1. The molecule has 3 aliphatic carbocycles. The number of hydrogen-bond acceptors (Lipinski definition) is 7. The number of amides is 6. The molecule has 3 saturated carbocycles. The van der Waals surface area contributed by atoms with Crippen LogP contribution in [0.25, 0.3) is 0 Å². The Morgan fingerprint density at radius 3 is 2.11 bits per heavy atom. The Hall–Kier alpha value is -3.64. The van der Waals surface area contributed by atoms with E-state index in [-0.39, 0.29) is 54.1 Å². The lowest BCUT2D eigenvalue weighted by molar-refractivity contribution is -0.144. The molecule has 13 nitrogen and oxygen atoms in total. The number of carbonyl (C=O) groups is 6. The minimum atomic E-state index is -1.02. The molecule has 6 atom stereocenters. The highest BCUT2D eigenvalue weighted by Crippen LogP contribution is 2.65. The van der Waals surface area contributed by atoms with E-state index in [1.165, 1.54) is 11.0 Å². The van der Waals surface area contributed by atoms with Gasteiger partial charge in [-0.25, -0.2) is 9.59 Å². The molecule has 0 radical (unpaired) electrons. The van der Waals surface area contributed by atoms with Crippen LogP contribution in [0.5, 0.6) is 0 Å². The van der Waals surface area contributed by atoms with Crippen molar-refractivity contribution in [2.24, 2.45) is 29.1 Å². The van der Waals surface area contributed by atoms with E-state index in [0.29, 0.717) is 19.4 Å². The number of rotatable bonds is 16. The SMILES string of the molecule is C=CCNC(=O)C(=O)C(CCCC)NC(=O)[C@@H]1[C@@H]2[C@H](CN1C(=O)[C@@H](NC(=O)N[C@H](CN(C)C(=O)OC(C)(C)C)C1CCCCC1)C1CCCCC1)C2(C)C. The molecule has 1 aliphatic heterocycles. The van der Waals surface area contributed by atoms with Crippen LogP contribution in [0.1, 0.15) is 125 Å². The van der Waals surface area contributed by atoms with Crippen LogP contribution in [0.4, 0.5) is 9.59 Å². The Kier molecular flexibility index (Phi) is 15.0. The van der Waals surface area contributed by atoms with Gasteiger partial charge in [0, 0.05) is 26.7 Å². The van der Waals surface area contributed by atoms with Crippen molar-refractivity contribution >= 4 is 35.6 Å². The number of urea groups is 1. The molecular formula is C41H68N6O7. The maximum atomic E-state index is 14.8. The lowest BCUT2D eigenvalue weighted by Crippen LogP contribution is -2.61. The van der Waals surface area contributed by atoms with E-state index < -0.39 is 53.4 Å². The summed E-state index contributed by atoms with van der Waals surface area (Å²) in [7, 11) is 1.68. The summed E-state index contributed by atoms with van der Waals surface area (Å²) < 4.78 is 5.60. The summed E-state index contributed by atoms with van der Waals surface area (Å²) in [5.74, 6) is -2.18. The van der Waals surface area contributed by atoms with E-state index in [0.717, 1.165) is 70.6 Å². The number of carbonyl (C=O) groups excluding carboxylic acids is 6. The number of unbranched alkanes of at least 4 members (excludes halogenated alkanes) is 1. The van der Waals surface area contributed by atoms with Crippen LogP contribution in [0.15, 0.2) is 12.7 Å². The second-order valence-corrected chi connectivity index (χ2v) is 17.8. The molecule has 13 heteroatoms. The summed E-state index contributed by atoms with van der Waals surface area (Å²) in [5, 5.41) is 11.7. The molecule has 0 aromatic carbocycles. The van der Waals surface area contributed by atoms with Crippen molar-refractivity contribution in [3.05, 3.63) is 12.7 Å². The number of likely N-dealkylation sites (tertiary alicyclic amines) is 1. The van der Waals surface area contributed by atoms with Gasteiger partial charge in [-0.05, 0) is 82.0 Å². The molecule has 4 fully saturated rings. The van der Waals surface area contributed by atoms with Gasteiger partial charge < -0.3 is 35.8 Å². The number of likely N-dealkylation sites (N-methyl/N-ethyl adjacent to an activating group) is 1. The number of nitrogens with one attached hydrogen (secondary N) is 4. The monoisotopic (exact) mass is 757 g/mol. The zero-order valence-electron chi connectivity index (χ0n) is 34.0. The predicted molar refractivity (Wildman–Crippen MR) is 207 cm³/mol. The van der Waals surface area contributed by atoms with Crippen LogP contribution >= 0.6 is 0 Å². The third-order valence-corrected chi connectivity index (χ3v) is 12.3. The molecule has 1 saturated heterocycles. The van der Waals surface area contributed by atoms with Crippen molar-refractivity contribution in [3.8, 4) is 0 Å². The maximum Gasteiger partial charge on any atom is 0.410 e. The third-order valence-electron chi connectivity index (χ3n) is 12.3. The van der Waals surface area contributed by atoms with E-state index in [1.807, 2.05) is 27.7 Å². The van der Waals surface area contributed by atoms with Gasteiger partial charge in [0.2, 0.25) is 17.6 Å². The first-order chi connectivity index (χ1) is 25.5. The van der Waals surface area contributed by atoms with Crippen molar-refractivity contribution in [1.29, 1.82) is 0 Å². The Morgan fingerprint density at radius 1 is 0.926 bits per heavy atom.